The number of phenols is 1. The van der Waals surface area contributed by atoms with Crippen molar-refractivity contribution in [3.63, 3.8) is 0 Å². The fourth-order valence-corrected chi connectivity index (χ4v) is 11.3. The molecule has 0 radical (unpaired) electrons. The second-order valence-electron chi connectivity index (χ2n) is 21.7. The highest BCUT2D eigenvalue weighted by Crippen LogP contribution is 2.44. The van der Waals surface area contributed by atoms with Crippen LogP contribution in [0.25, 0.3) is 33.3 Å². The lowest BCUT2D eigenvalue weighted by atomic mass is 9.77. The van der Waals surface area contributed by atoms with Gasteiger partial charge in [0.05, 0.1) is 29.5 Å². The molecule has 2 aromatic heterocycles. The number of rotatable bonds is 11. The van der Waals surface area contributed by atoms with E-state index in [-0.39, 0.29) is 49.2 Å². The molecule has 0 aliphatic carbocycles. The number of aromatic nitrogens is 2. The summed E-state index contributed by atoms with van der Waals surface area (Å²) >= 11 is 0. The van der Waals surface area contributed by atoms with E-state index in [1.807, 2.05) is 64.0 Å². The highest BCUT2D eigenvalue weighted by Gasteiger charge is 2.52. The van der Waals surface area contributed by atoms with Crippen LogP contribution in [0.4, 0.5) is 0 Å². The normalized spacial score (nSPS) is 21.4. The van der Waals surface area contributed by atoms with Crippen molar-refractivity contribution in [3.05, 3.63) is 83.7 Å². The van der Waals surface area contributed by atoms with Gasteiger partial charge in [-0.05, 0) is 131 Å². The summed E-state index contributed by atoms with van der Waals surface area (Å²) in [6, 6.07) is 12.7. The molecule has 16 nitrogen and oxygen atoms in total. The molecule has 4 amide bonds. The maximum atomic E-state index is 14.9. The molecule has 3 saturated heterocycles. The Kier molecular flexibility index (Phi) is 15.6. The number of hydrogen-bond donors (Lipinski definition) is 3. The van der Waals surface area contributed by atoms with Crippen LogP contribution in [0, 0.1) is 16.7 Å². The lowest BCUT2D eigenvalue weighted by molar-refractivity contribution is -0.155. The smallest absolute Gasteiger partial charge is 0.324 e. The van der Waals surface area contributed by atoms with Crippen LogP contribution >= 0.6 is 0 Å². The summed E-state index contributed by atoms with van der Waals surface area (Å²) in [4.78, 5) is 81.5. The zero-order valence-corrected chi connectivity index (χ0v) is 43.6. The first-order chi connectivity index (χ1) is 34.3. The molecule has 72 heavy (non-hydrogen) atoms. The average Bonchev–Trinajstić information content (AvgIpc) is 3.83. The summed E-state index contributed by atoms with van der Waals surface area (Å²) in [5.74, 6) is -1.86. The molecule has 6 heterocycles. The van der Waals surface area contributed by atoms with Crippen LogP contribution in [0.15, 0.2) is 66.9 Å². The fourth-order valence-electron chi connectivity index (χ4n) is 11.3. The molecule has 0 unspecified atom stereocenters. The van der Waals surface area contributed by atoms with E-state index in [4.69, 9.17) is 14.5 Å². The molecule has 386 valence electrons. The topological polar surface area (TPSA) is 179 Å². The molecule has 4 aliphatic rings. The lowest BCUT2D eigenvalue weighted by Gasteiger charge is -2.39. The van der Waals surface area contributed by atoms with Crippen LogP contribution in [0.3, 0.4) is 0 Å². The standard InChI is InChI=1S/C56H74N8O8/c1-10-62-46-18-17-38-32-42(46)43(50(62)41-14-11-22-57-48(41)36(4)71-9)33-55(5,6)34-72-53(69)44-15-12-24-64(59-44)52(68)45(30-37-28-39(38)31-40(65)29-37)58-51(67)49(35(2)3)63-27-21-56(54(63)70)19-25-61(26-20-56)47(66)16-13-23-60(7)8/h11,13-14,16-18,22,28-29,31-32,35-36,44-45,49,59,65H,10,12,15,19-21,23-27,30,33-34H2,1-9H3,(H,58,67)/b16-13+/t36-,44-,45-,49-/m0/s1. The van der Waals surface area contributed by atoms with E-state index in [0.717, 1.165) is 44.5 Å². The van der Waals surface area contributed by atoms with Crippen LogP contribution in [0.2, 0.25) is 0 Å². The number of ether oxygens (including phenoxy) is 2. The predicted molar refractivity (Wildman–Crippen MR) is 276 cm³/mol. The molecule has 2 aromatic carbocycles. The van der Waals surface area contributed by atoms with Crippen molar-refractivity contribution >= 4 is 40.5 Å². The number of hydrazine groups is 1. The van der Waals surface area contributed by atoms with E-state index < -0.39 is 46.7 Å². The van der Waals surface area contributed by atoms with E-state index in [1.54, 1.807) is 41.3 Å². The molecule has 3 fully saturated rings. The van der Waals surface area contributed by atoms with Crippen molar-refractivity contribution < 1.29 is 38.6 Å². The Morgan fingerprint density at radius 1 is 1.01 bits per heavy atom. The van der Waals surface area contributed by atoms with Gasteiger partial charge in [0.2, 0.25) is 17.7 Å². The third kappa shape index (κ3) is 10.8. The number of nitrogens with one attached hydrogen (secondary N) is 2. The minimum Gasteiger partial charge on any atom is -0.508 e. The lowest BCUT2D eigenvalue weighted by Crippen LogP contribution is -2.62. The monoisotopic (exact) mass is 987 g/mol. The van der Waals surface area contributed by atoms with E-state index in [1.165, 1.54) is 5.01 Å². The Balaban J connectivity index is 1.14. The second kappa shape index (κ2) is 21.5. The molecule has 3 N–H and O–H groups in total. The van der Waals surface area contributed by atoms with Gasteiger partial charge in [0.25, 0.3) is 5.91 Å². The molecule has 0 saturated carbocycles. The van der Waals surface area contributed by atoms with Crippen LogP contribution in [-0.2, 0) is 52.8 Å². The van der Waals surface area contributed by atoms with Crippen LogP contribution in [0.1, 0.15) is 96.6 Å². The highest BCUT2D eigenvalue weighted by atomic mass is 16.5. The number of nitrogens with zero attached hydrogens (tertiary/aromatic N) is 6. The van der Waals surface area contributed by atoms with Gasteiger partial charge in [-0.3, -0.25) is 34.0 Å². The van der Waals surface area contributed by atoms with Crippen molar-refractivity contribution in [1.82, 2.24) is 40.0 Å². The van der Waals surface area contributed by atoms with Gasteiger partial charge < -0.3 is 39.2 Å². The van der Waals surface area contributed by atoms with Gasteiger partial charge in [-0.2, -0.15) is 0 Å². The van der Waals surface area contributed by atoms with E-state index in [9.17, 15) is 29.1 Å². The van der Waals surface area contributed by atoms with Crippen molar-refractivity contribution in [2.45, 2.75) is 117 Å². The second-order valence-corrected chi connectivity index (χ2v) is 21.7. The number of carbonyl (C=O) groups excluding carboxylic acids is 5. The molecular weight excluding hydrogens is 913 g/mol. The van der Waals surface area contributed by atoms with E-state index in [0.29, 0.717) is 76.8 Å². The summed E-state index contributed by atoms with van der Waals surface area (Å²) in [5, 5.41) is 16.9. The third-order valence-electron chi connectivity index (χ3n) is 15.2. The Labute approximate surface area is 424 Å². The number of methoxy groups -OCH3 is 1. The fraction of sp³-hybridized carbons (Fsp3) is 0.536. The number of phenolic OH excluding ortho intramolecular Hbond substituents is 1. The van der Waals surface area contributed by atoms with Crippen molar-refractivity contribution in [2.24, 2.45) is 16.7 Å². The largest absolute Gasteiger partial charge is 0.508 e. The number of aryl methyl sites for hydroxylation is 1. The molecule has 4 aliphatic heterocycles. The van der Waals surface area contributed by atoms with Crippen molar-refractivity contribution in [3.8, 4) is 28.1 Å². The summed E-state index contributed by atoms with van der Waals surface area (Å²) in [5.41, 5.74) is 8.95. The van der Waals surface area contributed by atoms with Crippen molar-refractivity contribution in [2.75, 3.05) is 60.5 Å². The van der Waals surface area contributed by atoms with E-state index in [2.05, 4.69) is 54.3 Å². The summed E-state index contributed by atoms with van der Waals surface area (Å²) in [6.07, 6.45) is 8.02. The first kappa shape index (κ1) is 52.2. The number of cyclic esters (lactones) is 1. The first-order valence-electron chi connectivity index (χ1n) is 25.8. The number of carbonyl (C=O) groups is 5. The van der Waals surface area contributed by atoms with Gasteiger partial charge in [-0.25, -0.2) is 5.43 Å². The maximum Gasteiger partial charge on any atom is 0.324 e. The van der Waals surface area contributed by atoms with Gasteiger partial charge in [0, 0.05) is 87.0 Å². The van der Waals surface area contributed by atoms with Gasteiger partial charge in [0.1, 0.15) is 23.9 Å². The highest BCUT2D eigenvalue weighted by molar-refractivity contribution is 5.97. The van der Waals surface area contributed by atoms with Crippen LogP contribution in [0.5, 0.6) is 5.75 Å². The average molecular weight is 987 g/mol. The molecule has 16 heteroatoms. The summed E-state index contributed by atoms with van der Waals surface area (Å²) in [6.45, 7) is 15.0. The Hall–Kier alpha value is -6.10. The molecule has 4 atom stereocenters. The minimum atomic E-state index is -1.15. The SMILES string of the molecule is CCn1c(-c2cccnc2[C@H](C)OC)c2c3cc(ccc31)-c1cc(O)cc(c1)C[C@H](NC(=O)[C@H](C(C)C)N1CCC3(CCN(C(=O)/C=C/CN(C)C)CC3)C1=O)C(=O)N1CCC[C@H](N1)C(=O)OCC(C)(C)C2. The van der Waals surface area contributed by atoms with E-state index >= 15 is 0 Å². The number of aromatic hydroxyl groups is 1. The van der Waals surface area contributed by atoms with Crippen LogP contribution in [-0.4, -0.2) is 143 Å². The molecule has 6 bridgehead atoms. The zero-order valence-electron chi connectivity index (χ0n) is 43.6. The number of esters is 1. The maximum absolute atomic E-state index is 14.9. The number of fused-ring (bicyclic) bond motifs is 6. The predicted octanol–water partition coefficient (Wildman–Crippen LogP) is 6.44. The van der Waals surface area contributed by atoms with Crippen LogP contribution < -0.4 is 10.7 Å². The summed E-state index contributed by atoms with van der Waals surface area (Å²) in [7, 11) is 5.55. The number of likely N-dealkylation sites (N-methyl/N-ethyl adjacent to an activating group) is 1. The Bertz CT molecular complexity index is 2720. The molecular formula is C56H74N8O8. The van der Waals surface area contributed by atoms with Gasteiger partial charge in [0.15, 0.2) is 0 Å². The third-order valence-corrected chi connectivity index (χ3v) is 15.2. The number of benzene rings is 2. The zero-order chi connectivity index (χ0) is 51.6. The number of piperidine rings is 1. The number of pyridine rings is 1. The van der Waals surface area contributed by atoms with Crippen molar-refractivity contribution in [1.29, 1.82) is 0 Å². The Morgan fingerprint density at radius 2 is 1.76 bits per heavy atom. The Morgan fingerprint density at radius 3 is 2.47 bits per heavy atom. The molecule has 4 aromatic rings. The first-order valence-corrected chi connectivity index (χ1v) is 25.8. The molecule has 1 spiro atoms. The molecule has 8 rings (SSSR count). The number of likely N-dealkylation sites (tertiary alicyclic amines) is 2. The minimum absolute atomic E-state index is 0.000476. The van der Waals surface area contributed by atoms with Gasteiger partial charge in [-0.15, -0.1) is 0 Å². The number of hydrogen-bond acceptors (Lipinski definition) is 11. The van der Waals surface area contributed by atoms with Gasteiger partial charge >= 0.3 is 5.97 Å². The van der Waals surface area contributed by atoms with Gasteiger partial charge in [-0.1, -0.05) is 45.9 Å². The summed E-state index contributed by atoms with van der Waals surface area (Å²) < 4.78 is 14.3. The number of amides is 4. The quantitative estimate of drug-likeness (QED) is 0.111.